The highest BCUT2D eigenvalue weighted by Crippen LogP contribution is 2.20. The van der Waals surface area contributed by atoms with E-state index in [0.717, 1.165) is 18.4 Å². The zero-order valence-corrected chi connectivity index (χ0v) is 11.0. The zero-order chi connectivity index (χ0) is 13.8. The Morgan fingerprint density at radius 2 is 2.00 bits per heavy atom. The van der Waals surface area contributed by atoms with Crippen molar-refractivity contribution >= 4 is 5.97 Å². The van der Waals surface area contributed by atoms with Crippen LogP contribution in [0.25, 0.3) is 11.5 Å². The lowest BCUT2D eigenvalue weighted by molar-refractivity contribution is 0.0697. The smallest absolute Gasteiger partial charge is 0.335 e. The van der Waals surface area contributed by atoms with E-state index in [4.69, 9.17) is 9.52 Å². The Kier molecular flexibility index (Phi) is 3.94. The largest absolute Gasteiger partial charge is 0.478 e. The zero-order valence-electron chi connectivity index (χ0n) is 11.0. The van der Waals surface area contributed by atoms with Gasteiger partial charge in [-0.3, -0.25) is 0 Å². The minimum atomic E-state index is -0.950. The van der Waals surface area contributed by atoms with Crippen LogP contribution in [0, 0.1) is 5.92 Å². The van der Waals surface area contributed by atoms with E-state index in [9.17, 15) is 4.79 Å². The summed E-state index contributed by atoms with van der Waals surface area (Å²) in [5.41, 5.74) is 0.969. The third kappa shape index (κ3) is 3.19. The van der Waals surface area contributed by atoms with Crippen LogP contribution in [-0.4, -0.2) is 21.3 Å². The van der Waals surface area contributed by atoms with Gasteiger partial charge in [-0.25, -0.2) is 4.79 Å². The van der Waals surface area contributed by atoms with E-state index in [1.165, 1.54) is 12.1 Å². The molecule has 5 heteroatoms. The van der Waals surface area contributed by atoms with Gasteiger partial charge in [-0.15, -0.1) is 10.2 Å². The second-order valence-corrected chi connectivity index (χ2v) is 4.60. The molecule has 1 aromatic heterocycles. The molecule has 2 rings (SSSR count). The average Bonchev–Trinajstić information content (AvgIpc) is 2.87. The predicted molar refractivity (Wildman–Crippen MR) is 69.9 cm³/mol. The first-order valence-corrected chi connectivity index (χ1v) is 6.26. The number of hydrogen-bond acceptors (Lipinski definition) is 4. The second kappa shape index (κ2) is 5.65. The van der Waals surface area contributed by atoms with Crippen molar-refractivity contribution in [3.8, 4) is 11.5 Å². The summed E-state index contributed by atoms with van der Waals surface area (Å²) in [5, 5.41) is 16.8. The summed E-state index contributed by atoms with van der Waals surface area (Å²) in [6, 6.07) is 6.39. The van der Waals surface area contributed by atoms with Gasteiger partial charge >= 0.3 is 5.97 Å². The van der Waals surface area contributed by atoms with Crippen molar-refractivity contribution in [2.24, 2.45) is 5.92 Å². The van der Waals surface area contributed by atoms with Crippen molar-refractivity contribution in [3.05, 3.63) is 35.7 Å². The van der Waals surface area contributed by atoms with Gasteiger partial charge in [0, 0.05) is 12.0 Å². The van der Waals surface area contributed by atoms with Crippen molar-refractivity contribution in [3.63, 3.8) is 0 Å². The van der Waals surface area contributed by atoms with Gasteiger partial charge in [0.05, 0.1) is 5.56 Å². The SMILES string of the molecule is CCC(C)Cc1nnc(-c2ccc(C(=O)O)cc2)o1. The summed E-state index contributed by atoms with van der Waals surface area (Å²) in [6.07, 6.45) is 1.82. The third-order valence-electron chi connectivity index (χ3n) is 3.07. The standard InChI is InChI=1S/C14H16N2O3/c1-3-9(2)8-12-15-16-13(19-12)10-4-6-11(7-5-10)14(17)18/h4-7,9H,3,8H2,1-2H3,(H,17,18). The molecule has 0 bridgehead atoms. The van der Waals surface area contributed by atoms with Crippen molar-refractivity contribution < 1.29 is 14.3 Å². The Morgan fingerprint density at radius 1 is 1.32 bits per heavy atom. The van der Waals surface area contributed by atoms with Gasteiger partial charge in [0.25, 0.3) is 0 Å². The molecule has 1 heterocycles. The normalized spacial score (nSPS) is 12.3. The average molecular weight is 260 g/mol. The predicted octanol–water partition coefficient (Wildman–Crippen LogP) is 3.02. The van der Waals surface area contributed by atoms with E-state index in [1.807, 2.05) is 0 Å². The maximum atomic E-state index is 10.8. The molecule has 19 heavy (non-hydrogen) atoms. The number of aromatic nitrogens is 2. The minimum Gasteiger partial charge on any atom is -0.478 e. The lowest BCUT2D eigenvalue weighted by atomic mass is 10.1. The molecule has 0 spiro atoms. The van der Waals surface area contributed by atoms with Crippen LogP contribution in [0.3, 0.4) is 0 Å². The van der Waals surface area contributed by atoms with E-state index < -0.39 is 5.97 Å². The van der Waals surface area contributed by atoms with Crippen LogP contribution in [0.4, 0.5) is 0 Å². The molecular formula is C14H16N2O3. The van der Waals surface area contributed by atoms with Crippen molar-refractivity contribution in [2.45, 2.75) is 26.7 Å². The molecule has 0 saturated heterocycles. The van der Waals surface area contributed by atoms with E-state index in [1.54, 1.807) is 12.1 Å². The van der Waals surface area contributed by atoms with Crippen LogP contribution in [0.1, 0.15) is 36.5 Å². The Labute approximate surface area is 111 Å². The molecule has 0 fully saturated rings. The van der Waals surface area contributed by atoms with Gasteiger partial charge in [0.15, 0.2) is 0 Å². The van der Waals surface area contributed by atoms with Crippen LogP contribution in [0.15, 0.2) is 28.7 Å². The van der Waals surface area contributed by atoms with Gasteiger partial charge in [-0.2, -0.15) is 0 Å². The molecular weight excluding hydrogens is 244 g/mol. The van der Waals surface area contributed by atoms with Crippen LogP contribution in [0.5, 0.6) is 0 Å². The molecule has 0 saturated carbocycles. The summed E-state index contributed by atoms with van der Waals surface area (Å²) in [4.78, 5) is 10.8. The van der Waals surface area contributed by atoms with Gasteiger partial charge in [-0.1, -0.05) is 20.3 Å². The molecule has 5 nitrogen and oxygen atoms in total. The lowest BCUT2D eigenvalue weighted by Gasteiger charge is -2.02. The first-order chi connectivity index (χ1) is 9.10. The van der Waals surface area contributed by atoms with Gasteiger partial charge in [0.2, 0.25) is 11.8 Å². The maximum absolute atomic E-state index is 10.8. The van der Waals surface area contributed by atoms with E-state index in [-0.39, 0.29) is 5.56 Å². The second-order valence-electron chi connectivity index (χ2n) is 4.60. The Morgan fingerprint density at radius 3 is 2.58 bits per heavy atom. The fourth-order valence-corrected chi connectivity index (χ4v) is 1.65. The van der Waals surface area contributed by atoms with Crippen molar-refractivity contribution in [1.29, 1.82) is 0 Å². The summed E-state index contributed by atoms with van der Waals surface area (Å²) in [7, 11) is 0. The molecule has 0 aliphatic heterocycles. The first kappa shape index (κ1) is 13.3. The molecule has 1 atom stereocenters. The van der Waals surface area contributed by atoms with Crippen molar-refractivity contribution in [2.75, 3.05) is 0 Å². The molecule has 0 radical (unpaired) electrons. The number of carbonyl (C=O) groups is 1. The summed E-state index contributed by atoms with van der Waals surface area (Å²) < 4.78 is 5.57. The molecule has 1 N–H and O–H groups in total. The Bertz CT molecular complexity index is 560. The lowest BCUT2D eigenvalue weighted by Crippen LogP contribution is -1.97. The van der Waals surface area contributed by atoms with Gasteiger partial charge < -0.3 is 9.52 Å². The third-order valence-corrected chi connectivity index (χ3v) is 3.07. The molecule has 2 aromatic rings. The molecule has 0 aliphatic rings. The highest BCUT2D eigenvalue weighted by atomic mass is 16.4. The number of rotatable bonds is 5. The van der Waals surface area contributed by atoms with Gasteiger partial charge in [-0.05, 0) is 30.2 Å². The number of hydrogen-bond donors (Lipinski definition) is 1. The number of carboxylic acids is 1. The van der Waals surface area contributed by atoms with Crippen LogP contribution in [-0.2, 0) is 6.42 Å². The van der Waals surface area contributed by atoms with Gasteiger partial charge in [0.1, 0.15) is 0 Å². The molecule has 0 amide bonds. The van der Waals surface area contributed by atoms with E-state index >= 15 is 0 Å². The van der Waals surface area contributed by atoms with Crippen LogP contribution in [0.2, 0.25) is 0 Å². The Hall–Kier alpha value is -2.17. The fraction of sp³-hybridized carbons (Fsp3) is 0.357. The molecule has 1 unspecified atom stereocenters. The number of carboxylic acid groups (broad SMARTS) is 1. The summed E-state index contributed by atoms with van der Waals surface area (Å²) in [6.45, 7) is 4.25. The topological polar surface area (TPSA) is 76.2 Å². The molecule has 1 aromatic carbocycles. The fourth-order valence-electron chi connectivity index (χ4n) is 1.65. The first-order valence-electron chi connectivity index (χ1n) is 6.26. The maximum Gasteiger partial charge on any atom is 0.335 e. The number of benzene rings is 1. The molecule has 0 aliphatic carbocycles. The summed E-state index contributed by atoms with van der Waals surface area (Å²) in [5.74, 6) is 0.596. The minimum absolute atomic E-state index is 0.239. The van der Waals surface area contributed by atoms with Crippen LogP contribution < -0.4 is 0 Å². The highest BCUT2D eigenvalue weighted by Gasteiger charge is 2.11. The molecule has 100 valence electrons. The number of aromatic carboxylic acids is 1. The quantitative estimate of drug-likeness (QED) is 0.894. The van der Waals surface area contributed by atoms with E-state index in [2.05, 4.69) is 24.0 Å². The monoisotopic (exact) mass is 260 g/mol. The van der Waals surface area contributed by atoms with Crippen molar-refractivity contribution in [1.82, 2.24) is 10.2 Å². The highest BCUT2D eigenvalue weighted by molar-refractivity contribution is 5.88. The summed E-state index contributed by atoms with van der Waals surface area (Å²) >= 11 is 0. The Balaban J connectivity index is 2.16. The van der Waals surface area contributed by atoms with E-state index in [0.29, 0.717) is 17.7 Å². The van der Waals surface area contributed by atoms with Crippen LogP contribution >= 0.6 is 0 Å². The number of nitrogens with zero attached hydrogens (tertiary/aromatic N) is 2.